The Morgan fingerprint density at radius 3 is 2.46 bits per heavy atom. The van der Waals surface area contributed by atoms with Crippen LogP contribution < -0.4 is 0 Å². The molecule has 0 spiro atoms. The van der Waals surface area contributed by atoms with Crippen LogP contribution in [0.25, 0.3) is 0 Å². The van der Waals surface area contributed by atoms with Crippen LogP contribution in [0.3, 0.4) is 0 Å². The minimum Gasteiger partial charge on any atom is -0.341 e. The summed E-state index contributed by atoms with van der Waals surface area (Å²) in [5.41, 5.74) is 1.55. The summed E-state index contributed by atoms with van der Waals surface area (Å²) in [6, 6.07) is 15.5. The molecule has 0 bridgehead atoms. The maximum atomic E-state index is 14.3. The Labute approximate surface area is 218 Å². The third-order valence-electron chi connectivity index (χ3n) is 7.65. The molecule has 2 fully saturated rings. The van der Waals surface area contributed by atoms with Gasteiger partial charge in [-0.2, -0.15) is 0 Å². The summed E-state index contributed by atoms with van der Waals surface area (Å²) in [6.07, 6.45) is 5.34. The number of likely N-dealkylation sites (tertiary alicyclic amines) is 2. The zero-order valence-electron chi connectivity index (χ0n) is 20.6. The molecule has 0 radical (unpaired) electrons. The number of piperidine rings is 1. The highest BCUT2D eigenvalue weighted by Gasteiger charge is 2.51. The number of hydrogen-bond donors (Lipinski definition) is 0. The van der Waals surface area contributed by atoms with E-state index < -0.39 is 5.41 Å². The second kappa shape index (κ2) is 10.8. The van der Waals surface area contributed by atoms with Gasteiger partial charge in [-0.25, -0.2) is 0 Å². The summed E-state index contributed by atoms with van der Waals surface area (Å²) in [6.45, 7) is 9.42. The van der Waals surface area contributed by atoms with E-state index in [4.69, 9.17) is 23.2 Å². The molecule has 0 aromatic heterocycles. The maximum Gasteiger partial charge on any atom is 0.229 e. The van der Waals surface area contributed by atoms with Crippen molar-refractivity contribution >= 4 is 35.0 Å². The zero-order valence-corrected chi connectivity index (χ0v) is 22.1. The topological polar surface area (TPSA) is 40.6 Å². The van der Waals surface area contributed by atoms with Crippen LogP contribution in [0.2, 0.25) is 10.0 Å². The fourth-order valence-electron chi connectivity index (χ4n) is 5.85. The largest absolute Gasteiger partial charge is 0.341 e. The van der Waals surface area contributed by atoms with Crippen LogP contribution in [0.15, 0.2) is 61.2 Å². The van der Waals surface area contributed by atoms with E-state index in [1.165, 1.54) is 0 Å². The van der Waals surface area contributed by atoms with Crippen molar-refractivity contribution in [3.8, 4) is 0 Å². The highest BCUT2D eigenvalue weighted by atomic mass is 35.5. The van der Waals surface area contributed by atoms with Crippen molar-refractivity contribution in [3.63, 3.8) is 0 Å². The van der Waals surface area contributed by atoms with Gasteiger partial charge in [0.15, 0.2) is 0 Å². The van der Waals surface area contributed by atoms with E-state index in [9.17, 15) is 9.59 Å². The van der Waals surface area contributed by atoms with Crippen LogP contribution >= 0.6 is 23.2 Å². The van der Waals surface area contributed by atoms with E-state index in [-0.39, 0.29) is 29.8 Å². The van der Waals surface area contributed by atoms with E-state index in [1.54, 1.807) is 0 Å². The molecule has 2 amide bonds. The molecular weight excluding hydrogens is 479 g/mol. The lowest BCUT2D eigenvalue weighted by Gasteiger charge is -2.52. The average molecular weight is 514 g/mol. The molecule has 186 valence electrons. The molecule has 2 aromatic rings. The van der Waals surface area contributed by atoms with Crippen molar-refractivity contribution in [3.05, 3.63) is 82.4 Å². The Balaban J connectivity index is 1.86. The van der Waals surface area contributed by atoms with Crippen molar-refractivity contribution in [1.29, 1.82) is 0 Å². The second-order valence-electron chi connectivity index (χ2n) is 10.1. The molecule has 4 atom stereocenters. The Morgan fingerprint density at radius 1 is 1.11 bits per heavy atom. The van der Waals surface area contributed by atoms with Crippen LogP contribution in [-0.4, -0.2) is 40.7 Å². The van der Waals surface area contributed by atoms with E-state index >= 15 is 0 Å². The highest BCUT2D eigenvalue weighted by molar-refractivity contribution is 6.30. The molecule has 2 heterocycles. The number of carbonyl (C=O) groups excluding carboxylic acids is 2. The summed E-state index contributed by atoms with van der Waals surface area (Å²) in [5, 5.41) is 1.34. The number of nitrogens with zero attached hydrogens (tertiary/aromatic N) is 2. The van der Waals surface area contributed by atoms with Crippen molar-refractivity contribution in [2.75, 3.05) is 13.1 Å². The van der Waals surface area contributed by atoms with Crippen molar-refractivity contribution in [2.24, 2.45) is 5.41 Å². The first-order valence-corrected chi connectivity index (χ1v) is 13.3. The van der Waals surface area contributed by atoms with Crippen LogP contribution in [-0.2, 0) is 9.59 Å². The van der Waals surface area contributed by atoms with Crippen LogP contribution in [0, 0.1) is 5.41 Å². The molecule has 6 heteroatoms. The van der Waals surface area contributed by atoms with Gasteiger partial charge >= 0.3 is 0 Å². The smallest absolute Gasteiger partial charge is 0.229 e. The van der Waals surface area contributed by atoms with E-state index in [0.29, 0.717) is 35.9 Å². The molecule has 0 N–H and O–H groups in total. The molecule has 2 unspecified atom stereocenters. The number of benzene rings is 2. The standard InChI is InChI=1S/C29H34Cl2N2O2/c1-4-15-29(3)18-25(21-8-6-9-23(31)17-21)27(20-11-13-22(30)14-12-20)33(28(29)35)24(5-2)19-32-16-7-10-26(32)34/h4,6,8-9,11-14,17,24-25,27H,1,5,7,10,15-16,18-19H2,2-3H3/t24?,25?,27-,29+/m1/s1. The first-order valence-electron chi connectivity index (χ1n) is 12.5. The van der Waals surface area contributed by atoms with Gasteiger partial charge in [-0.1, -0.05) is 67.4 Å². The number of hydrogen-bond acceptors (Lipinski definition) is 2. The lowest BCUT2D eigenvalue weighted by Crippen LogP contribution is -2.57. The van der Waals surface area contributed by atoms with Crippen molar-refractivity contribution in [2.45, 2.75) is 64.0 Å². The number of amides is 2. The van der Waals surface area contributed by atoms with Gasteiger partial charge < -0.3 is 9.80 Å². The highest BCUT2D eigenvalue weighted by Crippen LogP contribution is 2.52. The molecule has 0 saturated carbocycles. The molecule has 2 saturated heterocycles. The summed E-state index contributed by atoms with van der Waals surface area (Å²) < 4.78 is 0. The molecule has 35 heavy (non-hydrogen) atoms. The molecule has 4 rings (SSSR count). The quantitative estimate of drug-likeness (QED) is 0.356. The lowest BCUT2D eigenvalue weighted by atomic mass is 9.67. The van der Waals surface area contributed by atoms with E-state index in [1.807, 2.05) is 60.4 Å². The SMILES string of the molecule is C=CC[C@@]1(C)CC(c2cccc(Cl)c2)[C@@H](c2ccc(Cl)cc2)N(C(CC)CN2CCCC2=O)C1=O. The molecule has 0 aliphatic carbocycles. The first kappa shape index (κ1) is 25.8. The number of halogens is 2. The van der Waals surface area contributed by atoms with Crippen LogP contribution in [0.1, 0.15) is 69.0 Å². The fourth-order valence-corrected chi connectivity index (χ4v) is 6.18. The van der Waals surface area contributed by atoms with Gasteiger partial charge in [-0.3, -0.25) is 9.59 Å². The Morgan fingerprint density at radius 2 is 1.86 bits per heavy atom. The van der Waals surface area contributed by atoms with E-state index in [0.717, 1.165) is 30.5 Å². The zero-order chi connectivity index (χ0) is 25.2. The molecule has 2 aliphatic heterocycles. The lowest BCUT2D eigenvalue weighted by molar-refractivity contribution is -0.156. The average Bonchev–Trinajstić information content (AvgIpc) is 3.24. The van der Waals surface area contributed by atoms with E-state index in [2.05, 4.69) is 24.5 Å². The number of carbonyl (C=O) groups is 2. The van der Waals surface area contributed by atoms with Gasteiger partial charge in [0, 0.05) is 41.5 Å². The monoisotopic (exact) mass is 512 g/mol. The van der Waals surface area contributed by atoms with Gasteiger partial charge in [0.25, 0.3) is 0 Å². The van der Waals surface area contributed by atoms with Crippen LogP contribution in [0.5, 0.6) is 0 Å². The Bertz CT molecular complexity index is 1090. The van der Waals surface area contributed by atoms with Gasteiger partial charge in [0.05, 0.1) is 11.5 Å². The van der Waals surface area contributed by atoms with Gasteiger partial charge in [0.1, 0.15) is 0 Å². The normalized spacial score (nSPS) is 25.7. The number of allylic oxidation sites excluding steroid dienone is 1. The fraction of sp³-hybridized carbons (Fsp3) is 0.448. The van der Waals surface area contributed by atoms with Crippen molar-refractivity contribution < 1.29 is 9.59 Å². The number of rotatable bonds is 8. The van der Waals surface area contributed by atoms with Crippen LogP contribution in [0.4, 0.5) is 0 Å². The third-order valence-corrected chi connectivity index (χ3v) is 8.14. The Hall–Kier alpha value is -2.30. The Kier molecular flexibility index (Phi) is 7.92. The second-order valence-corrected chi connectivity index (χ2v) is 11.0. The minimum absolute atomic E-state index is 0.0286. The predicted molar refractivity (Wildman–Crippen MR) is 143 cm³/mol. The minimum atomic E-state index is -0.597. The third kappa shape index (κ3) is 5.29. The van der Waals surface area contributed by atoms with Gasteiger partial charge in [-0.15, -0.1) is 6.58 Å². The van der Waals surface area contributed by atoms with Gasteiger partial charge in [-0.05, 0) is 61.1 Å². The molecule has 2 aromatic carbocycles. The summed E-state index contributed by atoms with van der Waals surface area (Å²) >= 11 is 12.7. The predicted octanol–water partition coefficient (Wildman–Crippen LogP) is 7.03. The summed E-state index contributed by atoms with van der Waals surface area (Å²) in [7, 11) is 0. The molecule has 4 nitrogen and oxygen atoms in total. The van der Waals surface area contributed by atoms with Crippen molar-refractivity contribution in [1.82, 2.24) is 9.80 Å². The van der Waals surface area contributed by atoms with Gasteiger partial charge in [0.2, 0.25) is 11.8 Å². The molecular formula is C29H34Cl2N2O2. The first-order chi connectivity index (χ1) is 16.8. The summed E-state index contributed by atoms with van der Waals surface area (Å²) in [5.74, 6) is 0.325. The summed E-state index contributed by atoms with van der Waals surface area (Å²) in [4.78, 5) is 30.8. The maximum absolute atomic E-state index is 14.3. The molecule has 2 aliphatic rings.